The summed E-state index contributed by atoms with van der Waals surface area (Å²) in [5.41, 5.74) is 7.67. The van der Waals surface area contributed by atoms with E-state index in [1.807, 2.05) is 23.1 Å². The lowest BCUT2D eigenvalue weighted by Gasteiger charge is -2.26. The number of hydrogen-bond acceptors (Lipinski definition) is 3. The van der Waals surface area contributed by atoms with Crippen LogP contribution in [-0.2, 0) is 11.2 Å². The van der Waals surface area contributed by atoms with Gasteiger partial charge in [-0.3, -0.25) is 9.59 Å². The molecule has 0 unspecified atom stereocenters. The van der Waals surface area contributed by atoms with E-state index in [4.69, 9.17) is 5.73 Å². The van der Waals surface area contributed by atoms with Crippen LogP contribution in [0.5, 0.6) is 0 Å². The summed E-state index contributed by atoms with van der Waals surface area (Å²) in [7, 11) is 0. The molecule has 1 aliphatic heterocycles. The number of halogens is 1. The number of carbonyl (C=O) groups excluding carboxylic acids is 2. The fourth-order valence-corrected chi connectivity index (χ4v) is 3.62. The van der Waals surface area contributed by atoms with Gasteiger partial charge in [-0.2, -0.15) is 0 Å². The van der Waals surface area contributed by atoms with Gasteiger partial charge >= 0.3 is 0 Å². The van der Waals surface area contributed by atoms with Gasteiger partial charge in [-0.25, -0.2) is 4.39 Å². The average molecular weight is 383 g/mol. The Morgan fingerprint density at radius 3 is 2.57 bits per heavy atom. The minimum Gasteiger partial charge on any atom is -0.350 e. The highest BCUT2D eigenvalue weighted by molar-refractivity contribution is 5.94. The summed E-state index contributed by atoms with van der Waals surface area (Å²) in [5, 5.41) is 2.92. The number of hydrogen-bond donors (Lipinski definition) is 2. The van der Waals surface area contributed by atoms with Crippen LogP contribution in [0.3, 0.4) is 0 Å². The topological polar surface area (TPSA) is 75.4 Å². The van der Waals surface area contributed by atoms with E-state index in [1.165, 1.54) is 12.1 Å². The summed E-state index contributed by atoms with van der Waals surface area (Å²) in [6, 6.07) is 14.9. The second kappa shape index (κ2) is 9.46. The van der Waals surface area contributed by atoms with Crippen LogP contribution in [0.1, 0.15) is 35.2 Å². The monoisotopic (exact) mass is 383 g/mol. The number of nitrogens with two attached hydrogens (primary N) is 1. The Labute approximate surface area is 164 Å². The zero-order valence-corrected chi connectivity index (χ0v) is 15.8. The zero-order valence-electron chi connectivity index (χ0n) is 15.8. The Balaban J connectivity index is 1.49. The molecule has 3 N–H and O–H groups in total. The van der Waals surface area contributed by atoms with Crippen LogP contribution >= 0.6 is 0 Å². The first-order valence-electron chi connectivity index (χ1n) is 9.65. The summed E-state index contributed by atoms with van der Waals surface area (Å²) in [6.45, 7) is 1.13. The highest BCUT2D eigenvalue weighted by Crippen LogP contribution is 2.19. The normalized spacial score (nSPS) is 17.4. The summed E-state index contributed by atoms with van der Waals surface area (Å²) in [5.74, 6) is -0.412. The number of benzene rings is 2. The van der Waals surface area contributed by atoms with Crippen molar-refractivity contribution in [2.45, 2.75) is 37.8 Å². The van der Waals surface area contributed by atoms with Gasteiger partial charge in [-0.05, 0) is 49.1 Å². The molecule has 0 radical (unpaired) electrons. The molecule has 0 aliphatic carbocycles. The molecule has 148 valence electrons. The molecule has 6 heteroatoms. The Morgan fingerprint density at radius 1 is 1.14 bits per heavy atom. The third-order valence-electron chi connectivity index (χ3n) is 5.08. The number of carbonyl (C=O) groups is 2. The van der Waals surface area contributed by atoms with Crippen LogP contribution in [0.25, 0.3) is 0 Å². The van der Waals surface area contributed by atoms with Crippen molar-refractivity contribution in [2.75, 3.05) is 13.1 Å². The lowest BCUT2D eigenvalue weighted by atomic mass is 10.0. The molecule has 0 aromatic heterocycles. The van der Waals surface area contributed by atoms with Crippen molar-refractivity contribution in [3.63, 3.8) is 0 Å². The SMILES string of the molecule is N[C@@H](CC(=O)N1CCC[C@H]1CNC(=O)c1ccccc1)Cc1ccc(F)cc1. The van der Waals surface area contributed by atoms with Gasteiger partial charge in [-0.15, -0.1) is 0 Å². The summed E-state index contributed by atoms with van der Waals surface area (Å²) < 4.78 is 13.0. The average Bonchev–Trinajstić information content (AvgIpc) is 3.17. The third kappa shape index (κ3) is 5.39. The maximum absolute atomic E-state index is 13.0. The van der Waals surface area contributed by atoms with Gasteiger partial charge in [0.2, 0.25) is 5.91 Å². The number of likely N-dealkylation sites (tertiary alicyclic amines) is 1. The first-order valence-corrected chi connectivity index (χ1v) is 9.65. The molecule has 0 saturated carbocycles. The van der Waals surface area contributed by atoms with E-state index >= 15 is 0 Å². The van der Waals surface area contributed by atoms with E-state index in [-0.39, 0.29) is 36.1 Å². The second-order valence-electron chi connectivity index (χ2n) is 7.25. The summed E-state index contributed by atoms with van der Waals surface area (Å²) in [4.78, 5) is 26.7. The van der Waals surface area contributed by atoms with Crippen molar-refractivity contribution in [3.8, 4) is 0 Å². The number of nitrogens with zero attached hydrogens (tertiary/aromatic N) is 1. The molecule has 28 heavy (non-hydrogen) atoms. The molecule has 1 fully saturated rings. The van der Waals surface area contributed by atoms with Crippen LogP contribution in [0.15, 0.2) is 54.6 Å². The molecule has 2 amide bonds. The van der Waals surface area contributed by atoms with Crippen LogP contribution < -0.4 is 11.1 Å². The van der Waals surface area contributed by atoms with Gasteiger partial charge < -0.3 is 16.0 Å². The highest BCUT2D eigenvalue weighted by atomic mass is 19.1. The van der Waals surface area contributed by atoms with Crippen LogP contribution in [0.4, 0.5) is 4.39 Å². The maximum Gasteiger partial charge on any atom is 0.251 e. The molecule has 1 aliphatic rings. The molecule has 5 nitrogen and oxygen atoms in total. The van der Waals surface area contributed by atoms with Crippen LogP contribution in [0.2, 0.25) is 0 Å². The lowest BCUT2D eigenvalue weighted by Crippen LogP contribution is -2.45. The van der Waals surface area contributed by atoms with E-state index in [0.717, 1.165) is 18.4 Å². The van der Waals surface area contributed by atoms with Gasteiger partial charge in [0.25, 0.3) is 5.91 Å². The maximum atomic E-state index is 13.0. The predicted molar refractivity (Wildman–Crippen MR) is 106 cm³/mol. The minimum atomic E-state index is -0.321. The third-order valence-corrected chi connectivity index (χ3v) is 5.08. The minimum absolute atomic E-state index is 0.00168. The van der Waals surface area contributed by atoms with Crippen molar-refractivity contribution >= 4 is 11.8 Å². The molecule has 2 aromatic carbocycles. The van der Waals surface area contributed by atoms with Crippen molar-refractivity contribution in [1.29, 1.82) is 0 Å². The van der Waals surface area contributed by atoms with E-state index in [1.54, 1.807) is 24.3 Å². The Hall–Kier alpha value is -2.73. The van der Waals surface area contributed by atoms with Gasteiger partial charge in [0.1, 0.15) is 5.82 Å². The molecular weight excluding hydrogens is 357 g/mol. The second-order valence-corrected chi connectivity index (χ2v) is 7.25. The smallest absolute Gasteiger partial charge is 0.251 e. The quantitative estimate of drug-likeness (QED) is 0.771. The van der Waals surface area contributed by atoms with Gasteiger partial charge in [0.15, 0.2) is 0 Å². The van der Waals surface area contributed by atoms with Crippen molar-refractivity contribution in [2.24, 2.45) is 5.73 Å². The number of nitrogens with one attached hydrogen (secondary N) is 1. The molecule has 1 heterocycles. The number of rotatable bonds is 7. The molecule has 2 atom stereocenters. The zero-order chi connectivity index (χ0) is 19.9. The lowest BCUT2D eigenvalue weighted by molar-refractivity contribution is -0.132. The van der Waals surface area contributed by atoms with Crippen LogP contribution in [-0.4, -0.2) is 41.9 Å². The van der Waals surface area contributed by atoms with E-state index < -0.39 is 0 Å². The Morgan fingerprint density at radius 2 is 1.86 bits per heavy atom. The molecular formula is C22H26FN3O2. The Bertz CT molecular complexity index is 795. The molecule has 0 spiro atoms. The van der Waals surface area contributed by atoms with Gasteiger partial charge in [0.05, 0.1) is 0 Å². The van der Waals surface area contributed by atoms with Crippen molar-refractivity contribution in [1.82, 2.24) is 10.2 Å². The van der Waals surface area contributed by atoms with E-state index in [9.17, 15) is 14.0 Å². The largest absolute Gasteiger partial charge is 0.350 e. The first kappa shape index (κ1) is 20.0. The predicted octanol–water partition coefficient (Wildman–Crippen LogP) is 2.51. The summed E-state index contributed by atoms with van der Waals surface area (Å²) >= 11 is 0. The molecule has 1 saturated heterocycles. The van der Waals surface area contributed by atoms with Crippen molar-refractivity contribution in [3.05, 3.63) is 71.5 Å². The fourth-order valence-electron chi connectivity index (χ4n) is 3.62. The standard InChI is InChI=1S/C22H26FN3O2/c23-18-10-8-16(9-11-18)13-19(24)14-21(27)26-12-4-7-20(26)15-25-22(28)17-5-2-1-3-6-17/h1-3,5-6,8-11,19-20H,4,7,12-15,24H2,(H,25,28)/t19-,20+/m1/s1. The Kier molecular flexibility index (Phi) is 6.76. The van der Waals surface area contributed by atoms with Crippen molar-refractivity contribution < 1.29 is 14.0 Å². The fraction of sp³-hybridized carbons (Fsp3) is 0.364. The highest BCUT2D eigenvalue weighted by Gasteiger charge is 2.29. The van der Waals surface area contributed by atoms with Gasteiger partial charge in [0, 0.05) is 37.2 Å². The molecule has 0 bridgehead atoms. The van der Waals surface area contributed by atoms with E-state index in [0.29, 0.717) is 25.1 Å². The van der Waals surface area contributed by atoms with Gasteiger partial charge in [-0.1, -0.05) is 30.3 Å². The van der Waals surface area contributed by atoms with E-state index in [2.05, 4.69) is 5.32 Å². The first-order chi connectivity index (χ1) is 13.5. The molecule has 3 rings (SSSR count). The van der Waals surface area contributed by atoms with Crippen LogP contribution in [0, 0.1) is 5.82 Å². The summed E-state index contributed by atoms with van der Waals surface area (Å²) in [6.07, 6.45) is 2.55. The number of amides is 2. The molecule has 2 aromatic rings.